The molecule has 0 amide bonds. The molecule has 3 rings (SSSR count). The highest BCUT2D eigenvalue weighted by atomic mass is 32.2. The third-order valence-electron chi connectivity index (χ3n) is 4.14. The van der Waals surface area contributed by atoms with E-state index >= 15 is 0 Å². The zero-order valence-corrected chi connectivity index (χ0v) is 13.6. The minimum Gasteiger partial charge on any atom is -0.464 e. The first-order valence-electron chi connectivity index (χ1n) is 7.29. The van der Waals surface area contributed by atoms with Crippen LogP contribution in [0.15, 0.2) is 39.6 Å². The van der Waals surface area contributed by atoms with Crippen molar-refractivity contribution in [1.29, 1.82) is 0 Å². The lowest BCUT2D eigenvalue weighted by atomic mass is 10.3. The molecule has 1 aromatic carbocycles. The van der Waals surface area contributed by atoms with Crippen molar-refractivity contribution in [3.63, 3.8) is 0 Å². The van der Waals surface area contributed by atoms with Gasteiger partial charge in [-0.3, -0.25) is 0 Å². The maximum absolute atomic E-state index is 13.3. The van der Waals surface area contributed by atoms with E-state index in [1.807, 2.05) is 6.07 Å². The normalized spacial score (nSPS) is 20.9. The molecule has 1 aromatic heterocycles. The highest BCUT2D eigenvalue weighted by Crippen LogP contribution is 2.47. The minimum absolute atomic E-state index is 0.0302. The molecule has 2 aromatic rings. The van der Waals surface area contributed by atoms with Gasteiger partial charge < -0.3 is 4.42 Å². The van der Waals surface area contributed by atoms with Gasteiger partial charge in [0.05, 0.1) is 11.4 Å². The molecule has 0 aliphatic heterocycles. The molecule has 4 nitrogen and oxygen atoms in total. The van der Waals surface area contributed by atoms with Crippen LogP contribution in [-0.4, -0.2) is 19.8 Å². The van der Waals surface area contributed by atoms with Crippen LogP contribution in [0.25, 0.3) is 0 Å². The van der Waals surface area contributed by atoms with Gasteiger partial charge >= 0.3 is 0 Å². The molecule has 0 bridgehead atoms. The standard InChI is InChI=1S/C16H17F2NO3S/c1-10-7-13(10)16-6-3-11(22-16)9-19(2)23(20,21)12-4-5-14(17)15(18)8-12/h3-6,8,10,13H,7,9H2,1-2H3/t10-,13+/m1/s1. The van der Waals surface area contributed by atoms with Gasteiger partial charge in [-0.15, -0.1) is 0 Å². The molecule has 1 heterocycles. The number of nitrogens with zero attached hydrogens (tertiary/aromatic N) is 1. The number of halogens is 2. The lowest BCUT2D eigenvalue weighted by molar-refractivity contribution is 0.389. The Bertz CT molecular complexity index is 832. The van der Waals surface area contributed by atoms with Gasteiger partial charge in [-0.2, -0.15) is 4.31 Å². The van der Waals surface area contributed by atoms with Gasteiger partial charge in [-0.25, -0.2) is 17.2 Å². The molecule has 0 spiro atoms. The van der Waals surface area contributed by atoms with E-state index in [1.165, 1.54) is 7.05 Å². The topological polar surface area (TPSA) is 50.5 Å². The molecule has 0 unspecified atom stereocenters. The number of hydrogen-bond acceptors (Lipinski definition) is 3. The Labute approximate surface area is 133 Å². The van der Waals surface area contributed by atoms with E-state index in [0.717, 1.165) is 28.6 Å². The zero-order chi connectivity index (χ0) is 16.8. The van der Waals surface area contributed by atoms with Crippen molar-refractivity contribution < 1.29 is 21.6 Å². The summed E-state index contributed by atoms with van der Waals surface area (Å²) in [6, 6.07) is 6.14. The summed E-state index contributed by atoms with van der Waals surface area (Å²) in [5.74, 6) is 0.122. The van der Waals surface area contributed by atoms with Crippen molar-refractivity contribution >= 4 is 10.0 Å². The van der Waals surface area contributed by atoms with E-state index in [4.69, 9.17) is 4.42 Å². The molecule has 124 valence electrons. The lowest BCUT2D eigenvalue weighted by Crippen LogP contribution is -2.26. The Morgan fingerprint density at radius 1 is 1.22 bits per heavy atom. The Kier molecular flexibility index (Phi) is 4.01. The number of benzene rings is 1. The third kappa shape index (κ3) is 3.16. The molecule has 0 radical (unpaired) electrons. The minimum atomic E-state index is -3.92. The molecule has 0 saturated heterocycles. The second-order valence-electron chi connectivity index (χ2n) is 5.96. The summed E-state index contributed by atoms with van der Waals surface area (Å²) in [6.45, 7) is 2.16. The van der Waals surface area contributed by atoms with Gasteiger partial charge in [0.1, 0.15) is 11.5 Å². The van der Waals surface area contributed by atoms with Crippen LogP contribution in [0.2, 0.25) is 0 Å². The maximum atomic E-state index is 13.3. The van der Waals surface area contributed by atoms with E-state index in [1.54, 1.807) is 6.07 Å². The van der Waals surface area contributed by atoms with Crippen LogP contribution >= 0.6 is 0 Å². The molecule has 0 N–H and O–H groups in total. The van der Waals surface area contributed by atoms with Gasteiger partial charge in [0.2, 0.25) is 10.0 Å². The van der Waals surface area contributed by atoms with Crippen LogP contribution in [-0.2, 0) is 16.6 Å². The molecule has 2 atom stereocenters. The summed E-state index contributed by atoms with van der Waals surface area (Å²) in [4.78, 5) is -0.290. The van der Waals surface area contributed by atoms with Gasteiger partial charge in [0.25, 0.3) is 0 Å². The van der Waals surface area contributed by atoms with Gasteiger partial charge in [0.15, 0.2) is 11.6 Å². The molecule has 1 aliphatic carbocycles. The fraction of sp³-hybridized carbons (Fsp3) is 0.375. The van der Waals surface area contributed by atoms with Crippen LogP contribution in [0.1, 0.15) is 30.8 Å². The average molecular weight is 341 g/mol. The smallest absolute Gasteiger partial charge is 0.243 e. The largest absolute Gasteiger partial charge is 0.464 e. The van der Waals surface area contributed by atoms with Crippen molar-refractivity contribution in [3.8, 4) is 0 Å². The molecular formula is C16H17F2NO3S. The van der Waals surface area contributed by atoms with Crippen LogP contribution < -0.4 is 0 Å². The highest BCUT2D eigenvalue weighted by molar-refractivity contribution is 7.89. The number of furan rings is 1. The van der Waals surface area contributed by atoms with Crippen molar-refractivity contribution in [3.05, 3.63) is 53.5 Å². The van der Waals surface area contributed by atoms with Crippen molar-refractivity contribution in [1.82, 2.24) is 4.31 Å². The Hall–Kier alpha value is -1.73. The fourth-order valence-corrected chi connectivity index (χ4v) is 3.67. The van der Waals surface area contributed by atoms with Crippen LogP contribution in [0.3, 0.4) is 0 Å². The predicted octanol–water partition coefficient (Wildman–Crippen LogP) is 3.50. The second kappa shape index (κ2) is 5.72. The SMILES string of the molecule is C[C@@H]1C[C@@H]1c1ccc(CN(C)S(=O)(=O)c2ccc(F)c(F)c2)o1. The predicted molar refractivity (Wildman–Crippen MR) is 80.2 cm³/mol. The Morgan fingerprint density at radius 3 is 2.52 bits per heavy atom. The van der Waals surface area contributed by atoms with Gasteiger partial charge in [-0.05, 0) is 42.7 Å². The molecule has 1 saturated carbocycles. The van der Waals surface area contributed by atoms with E-state index < -0.39 is 21.7 Å². The number of hydrogen-bond donors (Lipinski definition) is 0. The monoisotopic (exact) mass is 341 g/mol. The zero-order valence-electron chi connectivity index (χ0n) is 12.8. The molecule has 7 heteroatoms. The first-order valence-corrected chi connectivity index (χ1v) is 8.73. The van der Waals surface area contributed by atoms with E-state index in [-0.39, 0.29) is 11.4 Å². The third-order valence-corrected chi connectivity index (χ3v) is 5.93. The first kappa shape index (κ1) is 16.1. The summed E-state index contributed by atoms with van der Waals surface area (Å²) >= 11 is 0. The average Bonchev–Trinajstić information content (AvgIpc) is 3.04. The van der Waals surface area contributed by atoms with Gasteiger partial charge in [-0.1, -0.05) is 6.92 Å². The molecule has 1 fully saturated rings. The van der Waals surface area contributed by atoms with Crippen molar-refractivity contribution in [2.75, 3.05) is 7.05 Å². The molecular weight excluding hydrogens is 324 g/mol. The van der Waals surface area contributed by atoms with Gasteiger partial charge in [0, 0.05) is 13.0 Å². The molecule has 1 aliphatic rings. The van der Waals surface area contributed by atoms with E-state index in [2.05, 4.69) is 6.92 Å². The Balaban J connectivity index is 1.77. The first-order chi connectivity index (χ1) is 10.8. The fourth-order valence-electron chi connectivity index (χ4n) is 2.52. The highest BCUT2D eigenvalue weighted by Gasteiger charge is 2.36. The summed E-state index contributed by atoms with van der Waals surface area (Å²) in [6.07, 6.45) is 1.08. The van der Waals surface area contributed by atoms with Crippen molar-refractivity contribution in [2.24, 2.45) is 5.92 Å². The quantitative estimate of drug-likeness (QED) is 0.836. The summed E-state index contributed by atoms with van der Waals surface area (Å²) in [5, 5.41) is 0. The van der Waals surface area contributed by atoms with E-state index in [0.29, 0.717) is 23.7 Å². The van der Waals surface area contributed by atoms with Crippen LogP contribution in [0.5, 0.6) is 0 Å². The summed E-state index contributed by atoms with van der Waals surface area (Å²) in [7, 11) is -2.54. The Morgan fingerprint density at radius 2 is 1.91 bits per heavy atom. The van der Waals surface area contributed by atoms with Crippen LogP contribution in [0.4, 0.5) is 8.78 Å². The number of rotatable bonds is 5. The maximum Gasteiger partial charge on any atom is 0.243 e. The van der Waals surface area contributed by atoms with E-state index in [9.17, 15) is 17.2 Å². The number of sulfonamides is 1. The lowest BCUT2D eigenvalue weighted by Gasteiger charge is -2.16. The molecule has 23 heavy (non-hydrogen) atoms. The van der Waals surface area contributed by atoms with Crippen LogP contribution in [0, 0.1) is 17.6 Å². The second-order valence-corrected chi connectivity index (χ2v) is 8.01. The summed E-state index contributed by atoms with van der Waals surface area (Å²) in [5.41, 5.74) is 0. The summed E-state index contributed by atoms with van der Waals surface area (Å²) < 4.78 is 57.7. The van der Waals surface area contributed by atoms with Crippen molar-refractivity contribution in [2.45, 2.75) is 30.7 Å².